The van der Waals surface area contributed by atoms with Crippen LogP contribution in [0.3, 0.4) is 0 Å². The number of hydrogen-bond donors (Lipinski definition) is 2. The molecule has 4 rings (SSSR count). The molecule has 2 aromatic carbocycles. The van der Waals surface area contributed by atoms with Gasteiger partial charge in [-0.1, -0.05) is 18.2 Å². The number of fused-ring (bicyclic) bond motifs is 1. The highest BCUT2D eigenvalue weighted by Crippen LogP contribution is 2.30. The third kappa shape index (κ3) is 4.32. The van der Waals surface area contributed by atoms with Gasteiger partial charge in [0.25, 0.3) is 5.91 Å². The molecule has 2 aromatic heterocycles. The zero-order chi connectivity index (χ0) is 20.1. The van der Waals surface area contributed by atoms with E-state index < -0.39 is 0 Å². The molecule has 0 aliphatic rings. The molecule has 8 heteroatoms. The average Bonchev–Trinajstić information content (AvgIpc) is 3.22. The Kier molecular flexibility index (Phi) is 5.33. The average molecular weight is 389 g/mol. The van der Waals surface area contributed by atoms with Crippen LogP contribution in [0.2, 0.25) is 0 Å². The fraction of sp³-hybridized carbons (Fsp3) is 0.143. The summed E-state index contributed by atoms with van der Waals surface area (Å²) in [6.45, 7) is 2.82. The number of nitrogens with zero attached hydrogens (tertiary/aromatic N) is 3. The molecule has 0 saturated carbocycles. The first-order valence-electron chi connectivity index (χ1n) is 9.16. The zero-order valence-electron chi connectivity index (χ0n) is 15.8. The van der Waals surface area contributed by atoms with Gasteiger partial charge in [-0.3, -0.25) is 4.79 Å². The normalized spacial score (nSPS) is 10.7. The molecule has 0 spiro atoms. The summed E-state index contributed by atoms with van der Waals surface area (Å²) in [6.07, 6.45) is 1.67. The van der Waals surface area contributed by atoms with Crippen molar-refractivity contribution >= 4 is 16.9 Å². The van der Waals surface area contributed by atoms with Crippen LogP contribution in [0.4, 0.5) is 0 Å². The molecule has 0 bridgehead atoms. The Labute approximate surface area is 166 Å². The van der Waals surface area contributed by atoms with Crippen LogP contribution in [0, 0.1) is 0 Å². The maximum atomic E-state index is 12.4. The van der Waals surface area contributed by atoms with Gasteiger partial charge >= 0.3 is 0 Å². The van der Waals surface area contributed by atoms with Gasteiger partial charge in [0.1, 0.15) is 11.0 Å². The number of aromatic nitrogens is 4. The Hall–Kier alpha value is -3.94. The van der Waals surface area contributed by atoms with Crippen LogP contribution in [0.1, 0.15) is 22.8 Å². The quantitative estimate of drug-likeness (QED) is 0.502. The molecular weight excluding hydrogens is 370 g/mol. The van der Waals surface area contributed by atoms with Crippen LogP contribution >= 0.6 is 0 Å². The summed E-state index contributed by atoms with van der Waals surface area (Å²) >= 11 is 0. The van der Waals surface area contributed by atoms with Crippen LogP contribution < -0.4 is 14.8 Å². The van der Waals surface area contributed by atoms with E-state index in [4.69, 9.17) is 9.47 Å². The van der Waals surface area contributed by atoms with E-state index in [9.17, 15) is 4.79 Å². The van der Waals surface area contributed by atoms with Crippen molar-refractivity contribution in [1.82, 2.24) is 25.7 Å². The molecule has 0 radical (unpaired) electrons. The second kappa shape index (κ2) is 8.39. The van der Waals surface area contributed by atoms with Crippen molar-refractivity contribution < 1.29 is 14.3 Å². The topological polar surface area (TPSA) is 102 Å². The number of pyridine rings is 1. The van der Waals surface area contributed by atoms with E-state index >= 15 is 0 Å². The number of rotatable bonds is 7. The number of carbonyl (C=O) groups excluding carboxylic acids is 1. The maximum absolute atomic E-state index is 12.4. The second-order valence-electron chi connectivity index (χ2n) is 6.20. The summed E-state index contributed by atoms with van der Waals surface area (Å²) in [4.78, 5) is 16.7. The standard InChI is InChI=1S/C21H19N5O3/c1-2-28-18-5-3-4-6-19(18)29-20-10-7-14(12-22-20)13-23-21(27)15-8-9-16-17(11-15)25-26-24-16/h3-12H,2,13H2,1H3,(H,23,27)(H,24,25,26). The first-order valence-corrected chi connectivity index (χ1v) is 9.16. The number of nitrogens with one attached hydrogen (secondary N) is 2. The smallest absolute Gasteiger partial charge is 0.251 e. The summed E-state index contributed by atoms with van der Waals surface area (Å²) < 4.78 is 11.4. The summed E-state index contributed by atoms with van der Waals surface area (Å²) in [5, 5.41) is 13.4. The number of benzene rings is 2. The van der Waals surface area contributed by atoms with Gasteiger partial charge in [-0.25, -0.2) is 4.98 Å². The van der Waals surface area contributed by atoms with Crippen molar-refractivity contribution in [2.75, 3.05) is 6.61 Å². The van der Waals surface area contributed by atoms with Crippen LogP contribution in [0.5, 0.6) is 17.4 Å². The third-order valence-corrected chi connectivity index (χ3v) is 4.19. The van der Waals surface area contributed by atoms with Gasteiger partial charge in [-0.2, -0.15) is 15.4 Å². The predicted octanol–water partition coefficient (Wildman–Crippen LogP) is 3.47. The maximum Gasteiger partial charge on any atom is 0.251 e. The van der Waals surface area contributed by atoms with E-state index in [1.54, 1.807) is 30.5 Å². The monoisotopic (exact) mass is 389 g/mol. The minimum atomic E-state index is -0.194. The Morgan fingerprint density at radius 1 is 1.03 bits per heavy atom. The molecule has 8 nitrogen and oxygen atoms in total. The summed E-state index contributed by atoms with van der Waals surface area (Å²) in [7, 11) is 0. The summed E-state index contributed by atoms with van der Waals surface area (Å²) in [5.41, 5.74) is 2.73. The lowest BCUT2D eigenvalue weighted by atomic mass is 10.2. The first-order chi connectivity index (χ1) is 14.2. The van der Waals surface area contributed by atoms with Crippen molar-refractivity contribution in [2.45, 2.75) is 13.5 Å². The first kappa shape index (κ1) is 18.4. The van der Waals surface area contributed by atoms with E-state index in [-0.39, 0.29) is 5.91 Å². The number of aromatic amines is 1. The number of ether oxygens (including phenoxy) is 2. The van der Waals surface area contributed by atoms with E-state index in [1.807, 2.05) is 37.3 Å². The molecule has 0 unspecified atom stereocenters. The second-order valence-corrected chi connectivity index (χ2v) is 6.20. The minimum absolute atomic E-state index is 0.194. The molecule has 0 fully saturated rings. The lowest BCUT2D eigenvalue weighted by Gasteiger charge is -2.11. The van der Waals surface area contributed by atoms with E-state index in [1.165, 1.54) is 0 Å². The van der Waals surface area contributed by atoms with Gasteiger partial charge in [-0.05, 0) is 42.8 Å². The fourth-order valence-electron chi connectivity index (χ4n) is 2.76. The van der Waals surface area contributed by atoms with E-state index in [0.717, 1.165) is 5.56 Å². The van der Waals surface area contributed by atoms with Gasteiger partial charge in [0.15, 0.2) is 11.5 Å². The van der Waals surface area contributed by atoms with Crippen molar-refractivity contribution in [3.8, 4) is 17.4 Å². The summed E-state index contributed by atoms with van der Waals surface area (Å²) in [6, 6.07) is 16.2. The number of hydrogen-bond acceptors (Lipinski definition) is 6. The molecule has 2 N–H and O–H groups in total. The van der Waals surface area contributed by atoms with Crippen LogP contribution in [-0.2, 0) is 6.54 Å². The number of para-hydroxylation sites is 2. The Morgan fingerprint density at radius 2 is 1.86 bits per heavy atom. The Bertz CT molecular complexity index is 1120. The van der Waals surface area contributed by atoms with Gasteiger partial charge in [0.2, 0.25) is 5.88 Å². The number of amides is 1. The molecule has 0 aliphatic heterocycles. The van der Waals surface area contributed by atoms with Crippen molar-refractivity contribution in [3.63, 3.8) is 0 Å². The van der Waals surface area contributed by atoms with Gasteiger partial charge in [-0.15, -0.1) is 0 Å². The lowest BCUT2D eigenvalue weighted by Crippen LogP contribution is -2.22. The van der Waals surface area contributed by atoms with E-state index in [2.05, 4.69) is 25.7 Å². The predicted molar refractivity (Wildman–Crippen MR) is 107 cm³/mol. The van der Waals surface area contributed by atoms with Crippen LogP contribution in [0.15, 0.2) is 60.8 Å². The molecule has 2 heterocycles. The molecule has 0 saturated heterocycles. The SMILES string of the molecule is CCOc1ccccc1Oc1ccc(CNC(=O)c2ccc3n[nH]nc3c2)cn1. The summed E-state index contributed by atoms with van der Waals surface area (Å²) in [5.74, 6) is 1.52. The van der Waals surface area contributed by atoms with Crippen LogP contribution in [-0.4, -0.2) is 32.9 Å². The zero-order valence-corrected chi connectivity index (χ0v) is 15.8. The third-order valence-electron chi connectivity index (χ3n) is 4.19. The Balaban J connectivity index is 1.37. The highest BCUT2D eigenvalue weighted by atomic mass is 16.5. The van der Waals surface area contributed by atoms with Gasteiger partial charge in [0, 0.05) is 24.4 Å². The van der Waals surface area contributed by atoms with E-state index in [0.29, 0.717) is 47.1 Å². The molecule has 29 heavy (non-hydrogen) atoms. The van der Waals surface area contributed by atoms with Gasteiger partial charge < -0.3 is 14.8 Å². The van der Waals surface area contributed by atoms with Crippen molar-refractivity contribution in [1.29, 1.82) is 0 Å². The van der Waals surface area contributed by atoms with Crippen molar-refractivity contribution in [3.05, 3.63) is 71.9 Å². The number of H-pyrrole nitrogens is 1. The number of carbonyl (C=O) groups is 1. The molecule has 1 amide bonds. The fourth-order valence-corrected chi connectivity index (χ4v) is 2.76. The molecule has 146 valence electrons. The highest BCUT2D eigenvalue weighted by molar-refractivity contribution is 5.97. The Morgan fingerprint density at radius 3 is 2.66 bits per heavy atom. The highest BCUT2D eigenvalue weighted by Gasteiger charge is 2.09. The largest absolute Gasteiger partial charge is 0.490 e. The minimum Gasteiger partial charge on any atom is -0.490 e. The van der Waals surface area contributed by atoms with Gasteiger partial charge in [0.05, 0.1) is 6.61 Å². The lowest BCUT2D eigenvalue weighted by molar-refractivity contribution is 0.0951. The molecule has 4 aromatic rings. The molecular formula is C21H19N5O3. The van der Waals surface area contributed by atoms with Crippen molar-refractivity contribution in [2.24, 2.45) is 0 Å². The molecule has 0 atom stereocenters. The van der Waals surface area contributed by atoms with Crippen LogP contribution in [0.25, 0.3) is 11.0 Å². The molecule has 0 aliphatic carbocycles.